The van der Waals surface area contributed by atoms with Crippen molar-refractivity contribution in [2.24, 2.45) is 0 Å². The molecular weight excluding hydrogens is 214 g/mol. The molecule has 0 unspecified atom stereocenters. The van der Waals surface area contributed by atoms with E-state index < -0.39 is 34.6 Å². The highest BCUT2D eigenvalue weighted by molar-refractivity contribution is 5.40. The molecule has 0 radical (unpaired) electrons. The first kappa shape index (κ1) is 11.3. The molecule has 1 aromatic carbocycles. The van der Waals surface area contributed by atoms with E-state index in [4.69, 9.17) is 5.26 Å². The highest BCUT2D eigenvalue weighted by atomic mass is 19.2. The molecule has 15 heavy (non-hydrogen) atoms. The molecule has 0 aliphatic rings. The Kier molecular flexibility index (Phi) is 3.14. The second kappa shape index (κ2) is 4.17. The van der Waals surface area contributed by atoms with Crippen molar-refractivity contribution in [1.82, 2.24) is 0 Å². The molecule has 0 aliphatic carbocycles. The molecule has 0 aliphatic heterocycles. The molecular formula is C9H5F4NO. The van der Waals surface area contributed by atoms with Gasteiger partial charge in [-0.15, -0.1) is 0 Å². The largest absolute Gasteiger partial charge is 0.488 e. The van der Waals surface area contributed by atoms with Crippen molar-refractivity contribution in [3.63, 3.8) is 0 Å². The molecule has 2 nitrogen and oxygen atoms in total. The topological polar surface area (TPSA) is 33.0 Å². The number of ether oxygens (including phenoxy) is 1. The van der Waals surface area contributed by atoms with Crippen molar-refractivity contribution in [3.8, 4) is 11.8 Å². The van der Waals surface area contributed by atoms with Crippen LogP contribution in [0, 0.1) is 34.6 Å². The molecule has 1 rings (SSSR count). The SMILES string of the molecule is CCOc1c(F)c(F)c(C#N)c(F)c1F. The Balaban J connectivity index is 3.53. The lowest BCUT2D eigenvalue weighted by molar-refractivity contribution is 0.286. The normalized spacial score (nSPS) is 9.87. The van der Waals surface area contributed by atoms with Crippen LogP contribution in [-0.2, 0) is 0 Å². The van der Waals surface area contributed by atoms with Crippen molar-refractivity contribution in [3.05, 3.63) is 28.8 Å². The first-order chi connectivity index (χ1) is 7.04. The molecule has 0 N–H and O–H groups in total. The summed E-state index contributed by atoms with van der Waals surface area (Å²) in [7, 11) is 0. The van der Waals surface area contributed by atoms with E-state index in [1.54, 1.807) is 0 Å². The summed E-state index contributed by atoms with van der Waals surface area (Å²) in [6.45, 7) is 1.24. The van der Waals surface area contributed by atoms with Gasteiger partial charge in [0.2, 0.25) is 11.6 Å². The van der Waals surface area contributed by atoms with Gasteiger partial charge in [-0.25, -0.2) is 8.78 Å². The maximum absolute atomic E-state index is 13.0. The van der Waals surface area contributed by atoms with Gasteiger partial charge in [-0.1, -0.05) is 0 Å². The Morgan fingerprint density at radius 1 is 1.07 bits per heavy atom. The molecule has 0 atom stereocenters. The van der Waals surface area contributed by atoms with Crippen LogP contribution in [0.15, 0.2) is 0 Å². The van der Waals surface area contributed by atoms with E-state index in [9.17, 15) is 17.6 Å². The van der Waals surface area contributed by atoms with Gasteiger partial charge in [0.25, 0.3) is 0 Å². The summed E-state index contributed by atoms with van der Waals surface area (Å²) in [5.74, 6) is -8.05. The molecule has 1 aromatic rings. The van der Waals surface area contributed by atoms with E-state index in [0.717, 1.165) is 6.07 Å². The van der Waals surface area contributed by atoms with E-state index in [2.05, 4.69) is 4.74 Å². The Morgan fingerprint density at radius 2 is 1.53 bits per heavy atom. The summed E-state index contributed by atoms with van der Waals surface area (Å²) < 4.78 is 56.3. The monoisotopic (exact) mass is 219 g/mol. The van der Waals surface area contributed by atoms with Crippen LogP contribution in [0.4, 0.5) is 17.6 Å². The van der Waals surface area contributed by atoms with Crippen LogP contribution >= 0.6 is 0 Å². The lowest BCUT2D eigenvalue weighted by Gasteiger charge is -2.08. The Hall–Kier alpha value is -1.77. The zero-order valence-electron chi connectivity index (χ0n) is 7.57. The first-order valence-corrected chi connectivity index (χ1v) is 3.93. The minimum absolute atomic E-state index is 0.154. The molecule has 0 heterocycles. The molecule has 0 amide bonds. The van der Waals surface area contributed by atoms with Gasteiger partial charge < -0.3 is 4.74 Å². The fourth-order valence-corrected chi connectivity index (χ4v) is 0.981. The van der Waals surface area contributed by atoms with Crippen molar-refractivity contribution < 1.29 is 22.3 Å². The van der Waals surface area contributed by atoms with Gasteiger partial charge in [0.1, 0.15) is 11.6 Å². The Labute approximate surface area is 82.7 Å². The van der Waals surface area contributed by atoms with Gasteiger partial charge in [0.05, 0.1) is 6.61 Å². The van der Waals surface area contributed by atoms with Gasteiger partial charge in [0.15, 0.2) is 17.4 Å². The standard InChI is InChI=1S/C9H5F4NO/c1-2-15-9-7(12)5(10)4(3-14)6(11)8(9)13/h2H2,1H3. The van der Waals surface area contributed by atoms with Crippen molar-refractivity contribution >= 4 is 0 Å². The minimum atomic E-state index is -1.75. The van der Waals surface area contributed by atoms with Gasteiger partial charge in [0, 0.05) is 0 Å². The van der Waals surface area contributed by atoms with Crippen molar-refractivity contribution in [1.29, 1.82) is 5.26 Å². The molecule has 0 saturated carbocycles. The number of rotatable bonds is 2. The fourth-order valence-electron chi connectivity index (χ4n) is 0.981. The molecule has 6 heteroatoms. The van der Waals surface area contributed by atoms with E-state index in [-0.39, 0.29) is 6.61 Å². The Morgan fingerprint density at radius 3 is 1.87 bits per heavy atom. The number of hydrogen-bond acceptors (Lipinski definition) is 2. The minimum Gasteiger partial charge on any atom is -0.488 e. The van der Waals surface area contributed by atoms with E-state index >= 15 is 0 Å². The number of halogens is 4. The molecule has 0 bridgehead atoms. The van der Waals surface area contributed by atoms with Crippen LogP contribution in [-0.4, -0.2) is 6.61 Å². The first-order valence-electron chi connectivity index (χ1n) is 3.93. The number of benzene rings is 1. The van der Waals surface area contributed by atoms with Crippen LogP contribution in [0.1, 0.15) is 12.5 Å². The second-order valence-corrected chi connectivity index (χ2v) is 2.50. The third-order valence-corrected chi connectivity index (χ3v) is 1.62. The van der Waals surface area contributed by atoms with E-state index in [1.165, 1.54) is 6.92 Å². The second-order valence-electron chi connectivity index (χ2n) is 2.50. The third kappa shape index (κ3) is 1.73. The van der Waals surface area contributed by atoms with E-state index in [1.807, 2.05) is 0 Å². The maximum Gasteiger partial charge on any atom is 0.205 e. The van der Waals surface area contributed by atoms with Crippen LogP contribution in [0.2, 0.25) is 0 Å². The van der Waals surface area contributed by atoms with E-state index in [0.29, 0.717) is 0 Å². The molecule has 0 fully saturated rings. The summed E-state index contributed by atoms with van der Waals surface area (Å²) in [6, 6.07) is 1.03. The highest BCUT2D eigenvalue weighted by Crippen LogP contribution is 2.29. The van der Waals surface area contributed by atoms with Crippen LogP contribution in [0.3, 0.4) is 0 Å². The fraction of sp³-hybridized carbons (Fsp3) is 0.222. The summed E-state index contributed by atoms with van der Waals surface area (Å²) >= 11 is 0. The predicted octanol–water partition coefficient (Wildman–Crippen LogP) is 2.51. The number of hydrogen-bond donors (Lipinski definition) is 0. The van der Waals surface area contributed by atoms with Crippen molar-refractivity contribution in [2.75, 3.05) is 6.61 Å². The Bertz CT molecular complexity index is 410. The molecule has 0 spiro atoms. The zero-order chi connectivity index (χ0) is 11.6. The lowest BCUT2D eigenvalue weighted by Crippen LogP contribution is -2.06. The molecule has 0 aromatic heterocycles. The summed E-state index contributed by atoms with van der Waals surface area (Å²) in [4.78, 5) is 0. The number of nitriles is 1. The van der Waals surface area contributed by atoms with Gasteiger partial charge >= 0.3 is 0 Å². The quantitative estimate of drug-likeness (QED) is 0.565. The smallest absolute Gasteiger partial charge is 0.205 e. The maximum atomic E-state index is 13.0. The highest BCUT2D eigenvalue weighted by Gasteiger charge is 2.26. The van der Waals surface area contributed by atoms with Gasteiger partial charge in [-0.3, -0.25) is 0 Å². The van der Waals surface area contributed by atoms with Crippen LogP contribution in [0.25, 0.3) is 0 Å². The average Bonchev–Trinajstić information content (AvgIpc) is 2.23. The van der Waals surface area contributed by atoms with Crippen molar-refractivity contribution in [2.45, 2.75) is 6.92 Å². The molecule has 0 saturated heterocycles. The number of nitrogens with zero attached hydrogens (tertiary/aromatic N) is 1. The zero-order valence-corrected chi connectivity index (χ0v) is 7.57. The summed E-state index contributed by atoms with van der Waals surface area (Å²) in [5.41, 5.74) is -1.30. The van der Waals surface area contributed by atoms with Gasteiger partial charge in [-0.2, -0.15) is 14.0 Å². The van der Waals surface area contributed by atoms with Crippen LogP contribution in [0.5, 0.6) is 5.75 Å². The third-order valence-electron chi connectivity index (χ3n) is 1.62. The summed E-state index contributed by atoms with van der Waals surface area (Å²) in [5, 5.41) is 8.26. The predicted molar refractivity (Wildman–Crippen MR) is 42.2 cm³/mol. The summed E-state index contributed by atoms with van der Waals surface area (Å²) in [6.07, 6.45) is 0. The average molecular weight is 219 g/mol. The van der Waals surface area contributed by atoms with Crippen LogP contribution < -0.4 is 4.74 Å². The molecule has 80 valence electrons. The van der Waals surface area contributed by atoms with Gasteiger partial charge in [-0.05, 0) is 6.92 Å². The lowest BCUT2D eigenvalue weighted by atomic mass is 10.2.